The van der Waals surface area contributed by atoms with Gasteiger partial charge in [-0.1, -0.05) is 12.1 Å². The van der Waals surface area contributed by atoms with Crippen molar-refractivity contribution in [1.82, 2.24) is 19.7 Å². The molecule has 1 aliphatic rings. The summed E-state index contributed by atoms with van der Waals surface area (Å²) < 4.78 is 7.05. The molecule has 0 aliphatic carbocycles. The number of piperazine rings is 1. The number of hydrogen-bond donors (Lipinski definition) is 0. The van der Waals surface area contributed by atoms with Crippen molar-refractivity contribution >= 4 is 11.6 Å². The summed E-state index contributed by atoms with van der Waals surface area (Å²) in [5, 5.41) is 4.35. The van der Waals surface area contributed by atoms with E-state index in [1.54, 1.807) is 36.6 Å². The third-order valence-corrected chi connectivity index (χ3v) is 4.76. The lowest BCUT2D eigenvalue weighted by atomic mass is 10.2. The van der Waals surface area contributed by atoms with E-state index in [-0.39, 0.29) is 5.91 Å². The average molecular weight is 363 g/mol. The molecule has 0 unspecified atom stereocenters. The smallest absolute Gasteiger partial charge is 0.257 e. The number of pyridine rings is 1. The fourth-order valence-corrected chi connectivity index (χ4v) is 3.29. The Hall–Kier alpha value is -3.35. The van der Waals surface area contributed by atoms with Crippen molar-refractivity contribution in [1.29, 1.82) is 0 Å². The molecule has 27 heavy (non-hydrogen) atoms. The van der Waals surface area contributed by atoms with Crippen LogP contribution in [-0.2, 0) is 0 Å². The number of nitrogens with zero attached hydrogens (tertiary/aromatic N) is 5. The Kier molecular flexibility index (Phi) is 4.74. The van der Waals surface area contributed by atoms with Gasteiger partial charge in [-0.25, -0.2) is 4.68 Å². The fraction of sp³-hybridized carbons (Fsp3) is 0.250. The molecular weight excluding hydrogens is 342 g/mol. The summed E-state index contributed by atoms with van der Waals surface area (Å²) in [6.45, 7) is 2.97. The predicted molar refractivity (Wildman–Crippen MR) is 102 cm³/mol. The lowest BCUT2D eigenvalue weighted by Gasteiger charge is -2.35. The van der Waals surface area contributed by atoms with Crippen LogP contribution in [0.3, 0.4) is 0 Å². The third kappa shape index (κ3) is 3.48. The Morgan fingerprint density at radius 1 is 1.04 bits per heavy atom. The molecule has 1 aliphatic heterocycles. The van der Waals surface area contributed by atoms with E-state index in [0.29, 0.717) is 24.4 Å². The van der Waals surface area contributed by atoms with E-state index in [1.165, 1.54) is 0 Å². The number of benzene rings is 1. The maximum Gasteiger partial charge on any atom is 0.257 e. The number of amides is 1. The van der Waals surface area contributed by atoms with Crippen molar-refractivity contribution in [2.24, 2.45) is 0 Å². The predicted octanol–water partition coefficient (Wildman–Crippen LogP) is 2.24. The standard InChI is InChI=1S/C20H21N5O2/c1-27-19-5-3-2-4-18(19)25-15-16(14-22-25)20(26)24-12-10-23(11-13-24)17-6-8-21-9-7-17/h2-9,14-15H,10-13H2,1H3. The molecule has 0 spiro atoms. The van der Waals surface area contributed by atoms with E-state index in [4.69, 9.17) is 4.74 Å². The molecule has 4 rings (SSSR count). The van der Waals surface area contributed by atoms with Crippen molar-refractivity contribution in [2.75, 3.05) is 38.2 Å². The highest BCUT2D eigenvalue weighted by molar-refractivity contribution is 5.94. The maximum absolute atomic E-state index is 12.9. The van der Waals surface area contributed by atoms with E-state index in [0.717, 1.165) is 24.5 Å². The normalized spacial score (nSPS) is 14.3. The van der Waals surface area contributed by atoms with E-state index in [9.17, 15) is 4.79 Å². The van der Waals surface area contributed by atoms with Crippen LogP contribution < -0.4 is 9.64 Å². The highest BCUT2D eigenvalue weighted by Crippen LogP contribution is 2.22. The van der Waals surface area contributed by atoms with Crippen LogP contribution in [0.2, 0.25) is 0 Å². The summed E-state index contributed by atoms with van der Waals surface area (Å²) >= 11 is 0. The van der Waals surface area contributed by atoms with E-state index >= 15 is 0 Å². The maximum atomic E-state index is 12.9. The van der Waals surface area contributed by atoms with Crippen molar-refractivity contribution < 1.29 is 9.53 Å². The highest BCUT2D eigenvalue weighted by atomic mass is 16.5. The Bertz CT molecular complexity index is 917. The molecule has 1 amide bonds. The largest absolute Gasteiger partial charge is 0.494 e. The number of ether oxygens (including phenoxy) is 1. The molecule has 138 valence electrons. The lowest BCUT2D eigenvalue weighted by molar-refractivity contribution is 0.0747. The first-order valence-corrected chi connectivity index (χ1v) is 8.88. The van der Waals surface area contributed by atoms with Crippen LogP contribution in [0.25, 0.3) is 5.69 Å². The minimum Gasteiger partial charge on any atom is -0.494 e. The highest BCUT2D eigenvalue weighted by Gasteiger charge is 2.23. The number of rotatable bonds is 4. The van der Waals surface area contributed by atoms with Crippen LogP contribution >= 0.6 is 0 Å². The van der Waals surface area contributed by atoms with Gasteiger partial charge in [-0.05, 0) is 24.3 Å². The molecule has 0 radical (unpaired) electrons. The second-order valence-corrected chi connectivity index (χ2v) is 6.33. The third-order valence-electron chi connectivity index (χ3n) is 4.76. The van der Waals surface area contributed by atoms with Gasteiger partial charge in [0.1, 0.15) is 11.4 Å². The Balaban J connectivity index is 1.45. The zero-order chi connectivity index (χ0) is 18.6. The molecule has 0 N–H and O–H groups in total. The summed E-state index contributed by atoms with van der Waals surface area (Å²) in [5.74, 6) is 0.719. The van der Waals surface area contributed by atoms with E-state index in [2.05, 4.69) is 15.0 Å². The zero-order valence-corrected chi connectivity index (χ0v) is 15.2. The summed E-state index contributed by atoms with van der Waals surface area (Å²) in [5.41, 5.74) is 2.53. The second-order valence-electron chi connectivity index (χ2n) is 6.33. The van der Waals surface area contributed by atoms with Crippen molar-refractivity contribution in [3.05, 3.63) is 66.7 Å². The fourth-order valence-electron chi connectivity index (χ4n) is 3.29. The zero-order valence-electron chi connectivity index (χ0n) is 15.2. The SMILES string of the molecule is COc1ccccc1-n1cc(C(=O)N2CCN(c3ccncc3)CC2)cn1. The van der Waals surface area contributed by atoms with Crippen LogP contribution in [0.1, 0.15) is 10.4 Å². The molecule has 1 aromatic carbocycles. The molecule has 1 fully saturated rings. The number of carbonyl (C=O) groups excluding carboxylic acids is 1. The summed E-state index contributed by atoms with van der Waals surface area (Å²) in [6.07, 6.45) is 6.96. The summed E-state index contributed by atoms with van der Waals surface area (Å²) in [7, 11) is 1.62. The summed E-state index contributed by atoms with van der Waals surface area (Å²) in [6, 6.07) is 11.6. The van der Waals surface area contributed by atoms with E-state index < -0.39 is 0 Å². The average Bonchev–Trinajstić information content (AvgIpc) is 3.24. The molecule has 0 bridgehead atoms. The van der Waals surface area contributed by atoms with Gasteiger partial charge in [0.15, 0.2) is 0 Å². The van der Waals surface area contributed by atoms with Crippen LogP contribution in [-0.4, -0.2) is 58.9 Å². The van der Waals surface area contributed by atoms with Crippen molar-refractivity contribution in [3.8, 4) is 11.4 Å². The first kappa shape index (κ1) is 17.1. The molecular formula is C20H21N5O2. The minimum atomic E-state index is 0.00512. The molecule has 0 saturated carbocycles. The van der Waals surface area contributed by atoms with Gasteiger partial charge in [-0.2, -0.15) is 5.10 Å². The summed E-state index contributed by atoms with van der Waals surface area (Å²) in [4.78, 5) is 21.1. The van der Waals surface area contributed by atoms with Crippen LogP contribution in [0.5, 0.6) is 5.75 Å². The number of carbonyl (C=O) groups is 1. The van der Waals surface area contributed by atoms with Gasteiger partial charge in [-0.3, -0.25) is 9.78 Å². The second kappa shape index (κ2) is 7.49. The Labute approximate surface area is 157 Å². The van der Waals surface area contributed by atoms with Crippen LogP contribution in [0.15, 0.2) is 61.2 Å². The molecule has 2 aromatic heterocycles. The monoisotopic (exact) mass is 363 g/mol. The molecule has 7 nitrogen and oxygen atoms in total. The van der Waals surface area contributed by atoms with Gasteiger partial charge >= 0.3 is 0 Å². The molecule has 3 aromatic rings. The molecule has 7 heteroatoms. The topological polar surface area (TPSA) is 63.5 Å². The quantitative estimate of drug-likeness (QED) is 0.711. The van der Waals surface area contributed by atoms with Crippen molar-refractivity contribution in [2.45, 2.75) is 0 Å². The first-order valence-electron chi connectivity index (χ1n) is 8.88. The Morgan fingerprint density at radius 3 is 2.52 bits per heavy atom. The number of methoxy groups -OCH3 is 1. The molecule has 1 saturated heterocycles. The molecule has 3 heterocycles. The number of hydrogen-bond acceptors (Lipinski definition) is 5. The Morgan fingerprint density at radius 2 is 1.78 bits per heavy atom. The number of aromatic nitrogens is 3. The van der Waals surface area contributed by atoms with Gasteiger partial charge < -0.3 is 14.5 Å². The van der Waals surface area contributed by atoms with Gasteiger partial charge in [-0.15, -0.1) is 0 Å². The van der Waals surface area contributed by atoms with Gasteiger partial charge in [0.05, 0.1) is 18.9 Å². The van der Waals surface area contributed by atoms with Gasteiger partial charge in [0, 0.05) is 50.5 Å². The minimum absolute atomic E-state index is 0.00512. The molecule has 0 atom stereocenters. The van der Waals surface area contributed by atoms with Gasteiger partial charge in [0.25, 0.3) is 5.91 Å². The number of anilines is 1. The van der Waals surface area contributed by atoms with Crippen molar-refractivity contribution in [3.63, 3.8) is 0 Å². The number of para-hydroxylation sites is 2. The van der Waals surface area contributed by atoms with Crippen LogP contribution in [0.4, 0.5) is 5.69 Å². The van der Waals surface area contributed by atoms with Gasteiger partial charge in [0.2, 0.25) is 0 Å². The first-order chi connectivity index (χ1) is 13.3. The van der Waals surface area contributed by atoms with E-state index in [1.807, 2.05) is 41.3 Å². The van der Waals surface area contributed by atoms with Crippen LogP contribution in [0, 0.1) is 0 Å². The lowest BCUT2D eigenvalue weighted by Crippen LogP contribution is -2.48.